The summed E-state index contributed by atoms with van der Waals surface area (Å²) >= 11 is 2.92. The molecule has 0 fully saturated rings. The summed E-state index contributed by atoms with van der Waals surface area (Å²) in [6.45, 7) is 1.71. The van der Waals surface area contributed by atoms with Gasteiger partial charge in [0, 0.05) is 17.4 Å². The molecule has 1 aliphatic heterocycles. The molecule has 0 saturated carbocycles. The van der Waals surface area contributed by atoms with E-state index in [1.807, 2.05) is 48.7 Å². The predicted octanol–water partition coefficient (Wildman–Crippen LogP) is 4.18. The molecule has 5 rings (SSSR count). The molecule has 2 aromatic carbocycles. The van der Waals surface area contributed by atoms with Crippen molar-refractivity contribution in [3.63, 3.8) is 0 Å². The van der Waals surface area contributed by atoms with E-state index in [1.54, 1.807) is 11.3 Å². The van der Waals surface area contributed by atoms with E-state index in [4.69, 9.17) is 9.72 Å². The first kappa shape index (κ1) is 22.2. The van der Waals surface area contributed by atoms with Gasteiger partial charge in [0.1, 0.15) is 17.3 Å². The van der Waals surface area contributed by atoms with Gasteiger partial charge in [0.2, 0.25) is 11.0 Å². The zero-order valence-corrected chi connectivity index (χ0v) is 20.0. The van der Waals surface area contributed by atoms with Crippen molar-refractivity contribution in [1.82, 2.24) is 15.2 Å². The SMILES string of the molecule is CCc1nnc(NC(=O)CN2C(=O)COc3ccc(-c4csc(Cc5ccccc5)n4)cc32)s1. The fourth-order valence-electron chi connectivity index (χ4n) is 3.58. The van der Waals surface area contributed by atoms with Gasteiger partial charge >= 0.3 is 0 Å². The molecule has 2 aromatic heterocycles. The van der Waals surface area contributed by atoms with Crippen molar-refractivity contribution in [3.8, 4) is 17.0 Å². The van der Waals surface area contributed by atoms with Gasteiger partial charge in [0.15, 0.2) is 6.61 Å². The summed E-state index contributed by atoms with van der Waals surface area (Å²) in [4.78, 5) is 31.5. The lowest BCUT2D eigenvalue weighted by Crippen LogP contribution is -2.43. The summed E-state index contributed by atoms with van der Waals surface area (Å²) in [6.07, 6.45) is 1.50. The van der Waals surface area contributed by atoms with Gasteiger partial charge in [-0.3, -0.25) is 19.8 Å². The van der Waals surface area contributed by atoms with Crippen LogP contribution in [0.1, 0.15) is 22.5 Å². The molecule has 0 aliphatic carbocycles. The highest BCUT2D eigenvalue weighted by molar-refractivity contribution is 7.15. The second-order valence-corrected chi connectivity index (χ2v) is 9.65. The number of fused-ring (bicyclic) bond motifs is 1. The maximum atomic E-state index is 12.6. The summed E-state index contributed by atoms with van der Waals surface area (Å²) < 4.78 is 5.60. The smallest absolute Gasteiger partial charge is 0.265 e. The molecule has 8 nitrogen and oxygen atoms in total. The van der Waals surface area contributed by atoms with E-state index in [0.717, 1.165) is 34.1 Å². The largest absolute Gasteiger partial charge is 0.482 e. The Labute approximate surface area is 204 Å². The van der Waals surface area contributed by atoms with Gasteiger partial charge in [-0.25, -0.2) is 4.98 Å². The van der Waals surface area contributed by atoms with Crippen molar-refractivity contribution in [2.24, 2.45) is 0 Å². The third kappa shape index (κ3) is 4.82. The molecule has 4 aromatic rings. The van der Waals surface area contributed by atoms with E-state index >= 15 is 0 Å². The average Bonchev–Trinajstić information content (AvgIpc) is 3.51. The Bertz CT molecular complexity index is 1340. The van der Waals surface area contributed by atoms with Crippen LogP contribution in [-0.2, 0) is 22.4 Å². The van der Waals surface area contributed by atoms with Gasteiger partial charge in [0.05, 0.1) is 16.4 Å². The van der Waals surface area contributed by atoms with Crippen molar-refractivity contribution in [2.45, 2.75) is 19.8 Å². The van der Waals surface area contributed by atoms with Gasteiger partial charge in [0.25, 0.3) is 5.91 Å². The van der Waals surface area contributed by atoms with E-state index in [2.05, 4.69) is 27.6 Å². The monoisotopic (exact) mass is 491 g/mol. The molecular weight excluding hydrogens is 470 g/mol. The normalized spacial score (nSPS) is 12.9. The first-order valence-electron chi connectivity index (χ1n) is 10.8. The molecule has 0 saturated heterocycles. The highest BCUT2D eigenvalue weighted by Gasteiger charge is 2.28. The summed E-state index contributed by atoms with van der Waals surface area (Å²) in [7, 11) is 0. The number of aromatic nitrogens is 3. The summed E-state index contributed by atoms with van der Waals surface area (Å²) in [5.41, 5.74) is 3.43. The van der Waals surface area contributed by atoms with Crippen LogP contribution >= 0.6 is 22.7 Å². The quantitative estimate of drug-likeness (QED) is 0.417. The summed E-state index contributed by atoms with van der Waals surface area (Å²) in [5.74, 6) is -0.0707. The molecule has 3 heterocycles. The fraction of sp³-hybridized carbons (Fsp3) is 0.208. The number of hydrogen-bond acceptors (Lipinski definition) is 8. The minimum absolute atomic E-state index is 0.115. The Hall–Kier alpha value is -3.63. The lowest BCUT2D eigenvalue weighted by atomic mass is 10.1. The topological polar surface area (TPSA) is 97.3 Å². The van der Waals surface area contributed by atoms with Gasteiger partial charge in [-0.1, -0.05) is 48.6 Å². The Morgan fingerprint density at radius 3 is 2.79 bits per heavy atom. The lowest BCUT2D eigenvalue weighted by Gasteiger charge is -2.29. The summed E-state index contributed by atoms with van der Waals surface area (Å²) in [6, 6.07) is 15.8. The zero-order valence-electron chi connectivity index (χ0n) is 18.4. The third-order valence-electron chi connectivity index (χ3n) is 5.26. The molecule has 10 heteroatoms. The van der Waals surface area contributed by atoms with Gasteiger partial charge in [-0.15, -0.1) is 21.5 Å². The van der Waals surface area contributed by atoms with Crippen LogP contribution in [0.3, 0.4) is 0 Å². The first-order chi connectivity index (χ1) is 16.6. The Morgan fingerprint density at radius 2 is 2.00 bits per heavy atom. The van der Waals surface area contributed by atoms with Crippen molar-refractivity contribution in [3.05, 3.63) is 69.5 Å². The number of benzene rings is 2. The minimum Gasteiger partial charge on any atom is -0.482 e. The van der Waals surface area contributed by atoms with E-state index < -0.39 is 0 Å². The molecule has 34 heavy (non-hydrogen) atoms. The Morgan fingerprint density at radius 1 is 1.15 bits per heavy atom. The van der Waals surface area contributed by atoms with E-state index in [1.165, 1.54) is 21.8 Å². The maximum absolute atomic E-state index is 12.6. The number of nitrogens with zero attached hydrogens (tertiary/aromatic N) is 4. The number of thiazole rings is 1. The molecule has 2 amide bonds. The number of aryl methyl sites for hydroxylation is 1. The molecule has 0 spiro atoms. The van der Waals surface area contributed by atoms with Crippen LogP contribution in [-0.4, -0.2) is 40.1 Å². The Balaban J connectivity index is 1.35. The fourth-order valence-corrected chi connectivity index (χ4v) is 5.11. The van der Waals surface area contributed by atoms with E-state index in [0.29, 0.717) is 16.6 Å². The van der Waals surface area contributed by atoms with Crippen molar-refractivity contribution >= 4 is 45.3 Å². The maximum Gasteiger partial charge on any atom is 0.265 e. The standard InChI is InChI=1S/C24H21N5O3S2/c1-2-21-27-28-24(34-21)26-20(30)12-29-18-11-16(8-9-19(18)32-13-23(29)31)17-14-33-22(25-17)10-15-6-4-3-5-7-15/h3-9,11,14H,2,10,12-13H2,1H3,(H,26,28,30). The molecule has 0 bridgehead atoms. The zero-order chi connectivity index (χ0) is 23.5. The number of carbonyl (C=O) groups is 2. The molecule has 0 atom stereocenters. The number of ether oxygens (including phenoxy) is 1. The minimum atomic E-state index is -0.343. The number of nitrogens with one attached hydrogen (secondary N) is 1. The van der Waals surface area contributed by atoms with Crippen LogP contribution in [0.4, 0.5) is 10.8 Å². The van der Waals surface area contributed by atoms with Crippen LogP contribution < -0.4 is 15.0 Å². The van der Waals surface area contributed by atoms with Gasteiger partial charge < -0.3 is 4.74 Å². The molecule has 172 valence electrons. The van der Waals surface area contributed by atoms with Crippen LogP contribution in [0.2, 0.25) is 0 Å². The van der Waals surface area contributed by atoms with Crippen LogP contribution in [0.15, 0.2) is 53.9 Å². The number of hydrogen-bond donors (Lipinski definition) is 1. The molecule has 0 unspecified atom stereocenters. The van der Waals surface area contributed by atoms with Gasteiger partial charge in [-0.05, 0) is 30.2 Å². The average molecular weight is 492 g/mol. The molecular formula is C24H21N5O3S2. The third-order valence-corrected chi connectivity index (χ3v) is 7.10. The molecule has 1 N–H and O–H groups in total. The summed E-state index contributed by atoms with van der Waals surface area (Å²) in [5, 5.41) is 15.0. The molecule has 1 aliphatic rings. The second-order valence-electron chi connectivity index (χ2n) is 7.64. The van der Waals surface area contributed by atoms with Crippen LogP contribution in [0.25, 0.3) is 11.3 Å². The highest BCUT2D eigenvalue weighted by atomic mass is 32.1. The highest BCUT2D eigenvalue weighted by Crippen LogP contribution is 2.36. The van der Waals surface area contributed by atoms with Crippen LogP contribution in [0.5, 0.6) is 5.75 Å². The molecule has 0 radical (unpaired) electrons. The number of rotatable bonds is 7. The number of anilines is 2. The van der Waals surface area contributed by atoms with E-state index in [-0.39, 0.29) is 25.0 Å². The number of carbonyl (C=O) groups excluding carboxylic acids is 2. The predicted molar refractivity (Wildman–Crippen MR) is 133 cm³/mol. The van der Waals surface area contributed by atoms with E-state index in [9.17, 15) is 9.59 Å². The lowest BCUT2D eigenvalue weighted by molar-refractivity contribution is -0.123. The Kier molecular flexibility index (Phi) is 6.33. The van der Waals surface area contributed by atoms with Gasteiger partial charge in [-0.2, -0.15) is 0 Å². The second kappa shape index (κ2) is 9.70. The number of amides is 2. The first-order valence-corrected chi connectivity index (χ1v) is 12.5. The van der Waals surface area contributed by atoms with Crippen molar-refractivity contribution < 1.29 is 14.3 Å². The van der Waals surface area contributed by atoms with Crippen molar-refractivity contribution in [2.75, 3.05) is 23.4 Å². The van der Waals surface area contributed by atoms with Crippen LogP contribution in [0, 0.1) is 0 Å². The van der Waals surface area contributed by atoms with Crippen molar-refractivity contribution in [1.29, 1.82) is 0 Å².